The molecule has 0 atom stereocenters. The molecule has 0 heterocycles. The molecule has 0 N–H and O–H groups in total. The van der Waals surface area contributed by atoms with E-state index in [0.717, 1.165) is 17.8 Å². The number of benzene rings is 1. The molecule has 18 heavy (non-hydrogen) atoms. The van der Waals surface area contributed by atoms with Gasteiger partial charge >= 0.3 is 0 Å². The van der Waals surface area contributed by atoms with Crippen molar-refractivity contribution in [2.24, 2.45) is 17.8 Å². The average Bonchev–Trinajstić information content (AvgIpc) is 2.37. The third-order valence-electron chi connectivity index (χ3n) is 6.01. The minimum Gasteiger partial charge on any atom is -0.0613 e. The maximum absolute atomic E-state index is 2.45. The van der Waals surface area contributed by atoms with Crippen LogP contribution >= 0.6 is 0 Å². The zero-order valence-corrected chi connectivity index (χ0v) is 11.5. The highest BCUT2D eigenvalue weighted by Crippen LogP contribution is 2.60. The van der Waals surface area contributed by atoms with E-state index in [1.165, 1.54) is 31.2 Å². The molecule has 0 nitrogen and oxygen atoms in total. The van der Waals surface area contributed by atoms with Gasteiger partial charge in [0.05, 0.1) is 0 Å². The lowest BCUT2D eigenvalue weighted by atomic mass is 9.48. The quantitative estimate of drug-likeness (QED) is 0.702. The van der Waals surface area contributed by atoms with Gasteiger partial charge in [-0.25, -0.2) is 0 Å². The summed E-state index contributed by atoms with van der Waals surface area (Å²) >= 11 is 0. The lowest BCUT2D eigenvalue weighted by Crippen LogP contribution is -2.48. The maximum Gasteiger partial charge on any atom is -0.00391 e. The van der Waals surface area contributed by atoms with Gasteiger partial charge < -0.3 is 0 Å². The summed E-state index contributed by atoms with van der Waals surface area (Å²) in [5.41, 5.74) is 3.74. The first kappa shape index (κ1) is 11.1. The Labute approximate surface area is 111 Å². The molecule has 4 bridgehead atoms. The van der Waals surface area contributed by atoms with Crippen LogP contribution in [-0.4, -0.2) is 0 Å². The largest absolute Gasteiger partial charge is 0.0613 e. The van der Waals surface area contributed by atoms with E-state index in [4.69, 9.17) is 0 Å². The molecule has 0 heteroatoms. The summed E-state index contributed by atoms with van der Waals surface area (Å²) in [7, 11) is 0. The topological polar surface area (TPSA) is 0 Å². The Hall–Kier alpha value is -0.780. The lowest BCUT2D eigenvalue weighted by Gasteiger charge is -2.57. The van der Waals surface area contributed by atoms with Crippen molar-refractivity contribution in [2.45, 2.75) is 57.3 Å². The summed E-state index contributed by atoms with van der Waals surface area (Å²) < 4.78 is 0. The predicted molar refractivity (Wildman–Crippen MR) is 75.7 cm³/mol. The van der Waals surface area contributed by atoms with Crippen LogP contribution in [0.25, 0.3) is 0 Å². The van der Waals surface area contributed by atoms with Crippen molar-refractivity contribution in [3.05, 3.63) is 35.4 Å². The van der Waals surface area contributed by atoms with Gasteiger partial charge in [0.25, 0.3) is 0 Å². The molecule has 5 rings (SSSR count). The molecule has 4 saturated carbocycles. The lowest BCUT2D eigenvalue weighted by molar-refractivity contribution is -0.00519. The molecule has 96 valence electrons. The van der Waals surface area contributed by atoms with Crippen LogP contribution in [0, 0.1) is 17.8 Å². The Morgan fingerprint density at radius 3 is 1.83 bits per heavy atom. The monoisotopic (exact) mass is 240 g/mol. The van der Waals surface area contributed by atoms with E-state index in [2.05, 4.69) is 31.2 Å². The summed E-state index contributed by atoms with van der Waals surface area (Å²) in [6, 6.07) is 9.64. The molecule has 1 aromatic carbocycles. The van der Waals surface area contributed by atoms with Gasteiger partial charge in [-0.05, 0) is 79.2 Å². The van der Waals surface area contributed by atoms with Gasteiger partial charge in [-0.1, -0.05) is 31.2 Å². The van der Waals surface area contributed by atoms with Crippen LogP contribution in [0.2, 0.25) is 0 Å². The van der Waals surface area contributed by atoms with Gasteiger partial charge in [0.1, 0.15) is 0 Å². The standard InChI is InChI=1S/C18H24/c1-2-13-3-5-17(6-4-13)18-10-14-7-15(11-18)9-16(8-14)12-18/h3-6,14-16H,2,7-12H2,1H3. The first-order valence-electron chi connectivity index (χ1n) is 7.87. The Bertz CT molecular complexity index is 404. The minimum absolute atomic E-state index is 0.584. The average molecular weight is 240 g/mol. The van der Waals surface area contributed by atoms with Crippen LogP contribution in [0.15, 0.2) is 24.3 Å². The molecule has 0 aromatic heterocycles. The highest BCUT2D eigenvalue weighted by atomic mass is 14.6. The summed E-state index contributed by atoms with van der Waals surface area (Å²) in [6.45, 7) is 2.25. The zero-order valence-electron chi connectivity index (χ0n) is 11.5. The second-order valence-electron chi connectivity index (χ2n) is 7.25. The summed E-state index contributed by atoms with van der Waals surface area (Å²) in [5, 5.41) is 0. The Kier molecular flexibility index (Phi) is 2.37. The molecular weight excluding hydrogens is 216 g/mol. The molecular formula is C18H24. The molecule has 0 aliphatic heterocycles. The minimum atomic E-state index is 0.584. The van der Waals surface area contributed by atoms with E-state index < -0.39 is 0 Å². The third-order valence-corrected chi connectivity index (χ3v) is 6.01. The van der Waals surface area contributed by atoms with Crippen LogP contribution in [-0.2, 0) is 11.8 Å². The fraction of sp³-hybridized carbons (Fsp3) is 0.667. The first-order valence-corrected chi connectivity index (χ1v) is 7.87. The van der Waals surface area contributed by atoms with Crippen LogP contribution in [0.4, 0.5) is 0 Å². The smallest absolute Gasteiger partial charge is 0.00391 e. The van der Waals surface area contributed by atoms with Crippen molar-refractivity contribution in [3.63, 3.8) is 0 Å². The Morgan fingerprint density at radius 1 is 0.889 bits per heavy atom. The van der Waals surface area contributed by atoms with E-state index in [1.807, 2.05) is 0 Å². The fourth-order valence-corrected chi connectivity index (χ4v) is 5.56. The van der Waals surface area contributed by atoms with Crippen molar-refractivity contribution in [1.29, 1.82) is 0 Å². The molecule has 4 aliphatic carbocycles. The molecule has 4 fully saturated rings. The van der Waals surface area contributed by atoms with Gasteiger partial charge in [-0.3, -0.25) is 0 Å². The normalized spacial score (nSPS) is 41.3. The van der Waals surface area contributed by atoms with E-state index in [-0.39, 0.29) is 0 Å². The van der Waals surface area contributed by atoms with Crippen molar-refractivity contribution in [1.82, 2.24) is 0 Å². The Balaban J connectivity index is 1.70. The van der Waals surface area contributed by atoms with Crippen LogP contribution in [0.5, 0.6) is 0 Å². The number of aryl methyl sites for hydroxylation is 1. The van der Waals surface area contributed by atoms with Crippen LogP contribution < -0.4 is 0 Å². The van der Waals surface area contributed by atoms with Gasteiger partial charge in [0.2, 0.25) is 0 Å². The SMILES string of the molecule is CCc1ccc(C23CC4CC(CC(C4)C2)C3)cc1. The molecule has 0 radical (unpaired) electrons. The number of hydrogen-bond donors (Lipinski definition) is 0. The molecule has 1 aromatic rings. The summed E-state index contributed by atoms with van der Waals surface area (Å²) in [6.07, 6.45) is 10.3. The van der Waals surface area contributed by atoms with E-state index in [0.29, 0.717) is 5.41 Å². The third kappa shape index (κ3) is 1.57. The summed E-state index contributed by atoms with van der Waals surface area (Å²) in [4.78, 5) is 0. The van der Waals surface area contributed by atoms with Gasteiger partial charge in [-0.2, -0.15) is 0 Å². The van der Waals surface area contributed by atoms with Gasteiger partial charge in [-0.15, -0.1) is 0 Å². The first-order chi connectivity index (χ1) is 8.77. The van der Waals surface area contributed by atoms with Crippen molar-refractivity contribution >= 4 is 0 Å². The highest BCUT2D eigenvalue weighted by Gasteiger charge is 2.51. The highest BCUT2D eigenvalue weighted by molar-refractivity contribution is 5.32. The van der Waals surface area contributed by atoms with E-state index in [1.54, 1.807) is 24.8 Å². The maximum atomic E-state index is 2.45. The summed E-state index contributed by atoms with van der Waals surface area (Å²) in [5.74, 6) is 3.17. The Morgan fingerprint density at radius 2 is 1.39 bits per heavy atom. The second kappa shape index (κ2) is 3.85. The second-order valence-corrected chi connectivity index (χ2v) is 7.25. The molecule has 0 spiro atoms. The van der Waals surface area contributed by atoms with E-state index >= 15 is 0 Å². The molecule has 4 aliphatic rings. The zero-order chi connectivity index (χ0) is 12.2. The number of hydrogen-bond acceptors (Lipinski definition) is 0. The van der Waals surface area contributed by atoms with Crippen LogP contribution in [0.3, 0.4) is 0 Å². The van der Waals surface area contributed by atoms with Gasteiger partial charge in [0, 0.05) is 0 Å². The fourth-order valence-electron chi connectivity index (χ4n) is 5.56. The van der Waals surface area contributed by atoms with Crippen molar-refractivity contribution in [2.75, 3.05) is 0 Å². The van der Waals surface area contributed by atoms with Crippen LogP contribution in [0.1, 0.15) is 56.6 Å². The van der Waals surface area contributed by atoms with Crippen molar-refractivity contribution < 1.29 is 0 Å². The molecule has 0 saturated heterocycles. The molecule has 0 amide bonds. The predicted octanol–water partition coefficient (Wildman–Crippen LogP) is 4.72. The van der Waals surface area contributed by atoms with Crippen molar-refractivity contribution in [3.8, 4) is 0 Å². The van der Waals surface area contributed by atoms with E-state index in [9.17, 15) is 0 Å². The van der Waals surface area contributed by atoms with Gasteiger partial charge in [0.15, 0.2) is 0 Å². The molecule has 0 unspecified atom stereocenters. The number of rotatable bonds is 2.